The lowest BCUT2D eigenvalue weighted by Crippen LogP contribution is -2.09. The van der Waals surface area contributed by atoms with Crippen molar-refractivity contribution in [3.05, 3.63) is 23.3 Å². The number of ether oxygens (including phenoxy) is 1. The molecule has 1 aromatic rings. The lowest BCUT2D eigenvalue weighted by molar-refractivity contribution is -0.138. The maximum atomic E-state index is 10.8. The second kappa shape index (κ2) is 4.73. The van der Waals surface area contributed by atoms with Crippen LogP contribution in [0, 0.1) is 0 Å². The SMILES string of the molecule is COc1cc(C(=O)O)cc(C(C)C(=O)O)c1O. The molecule has 0 saturated carbocycles. The number of hydrogen-bond donors (Lipinski definition) is 3. The number of aliphatic carboxylic acids is 1. The average molecular weight is 240 g/mol. The van der Waals surface area contributed by atoms with Gasteiger partial charge in [0, 0.05) is 5.56 Å². The van der Waals surface area contributed by atoms with Crippen molar-refractivity contribution >= 4 is 11.9 Å². The molecule has 0 aliphatic rings. The molecule has 92 valence electrons. The highest BCUT2D eigenvalue weighted by molar-refractivity contribution is 5.90. The predicted octanol–water partition coefficient (Wildman–Crippen LogP) is 1.29. The van der Waals surface area contributed by atoms with Crippen LogP contribution in [0.2, 0.25) is 0 Å². The zero-order valence-electron chi connectivity index (χ0n) is 9.30. The van der Waals surface area contributed by atoms with Crippen LogP contribution < -0.4 is 4.74 Å². The normalized spacial score (nSPS) is 11.9. The van der Waals surface area contributed by atoms with Gasteiger partial charge in [-0.15, -0.1) is 0 Å². The van der Waals surface area contributed by atoms with Crippen LogP contribution in [0.5, 0.6) is 11.5 Å². The van der Waals surface area contributed by atoms with Crippen molar-refractivity contribution < 1.29 is 29.6 Å². The Balaban J connectivity index is 3.42. The highest BCUT2D eigenvalue weighted by Crippen LogP contribution is 2.36. The number of aromatic hydroxyl groups is 1. The zero-order chi connectivity index (χ0) is 13.2. The zero-order valence-corrected chi connectivity index (χ0v) is 9.30. The molecular formula is C11H12O6. The standard InChI is InChI=1S/C11H12O6/c1-5(10(13)14)7-3-6(11(15)16)4-8(17-2)9(7)12/h3-5,12H,1-2H3,(H,13,14)(H,15,16). The number of rotatable bonds is 4. The minimum Gasteiger partial charge on any atom is -0.504 e. The van der Waals surface area contributed by atoms with E-state index in [1.165, 1.54) is 14.0 Å². The van der Waals surface area contributed by atoms with E-state index in [0.717, 1.165) is 12.1 Å². The number of phenols is 1. The quantitative estimate of drug-likeness (QED) is 0.732. The molecule has 0 aromatic heterocycles. The third-order valence-corrected chi connectivity index (χ3v) is 2.41. The fourth-order valence-electron chi connectivity index (χ4n) is 1.37. The molecule has 0 saturated heterocycles. The number of carboxylic acid groups (broad SMARTS) is 2. The van der Waals surface area contributed by atoms with Gasteiger partial charge in [-0.3, -0.25) is 4.79 Å². The first kappa shape index (κ1) is 12.8. The second-order valence-electron chi connectivity index (χ2n) is 3.48. The minimum absolute atomic E-state index is 0.00856. The van der Waals surface area contributed by atoms with Gasteiger partial charge in [-0.2, -0.15) is 0 Å². The topological polar surface area (TPSA) is 104 Å². The van der Waals surface area contributed by atoms with Crippen LogP contribution >= 0.6 is 0 Å². The summed E-state index contributed by atoms with van der Waals surface area (Å²) in [5, 5.41) is 27.4. The first-order valence-corrected chi connectivity index (χ1v) is 4.75. The van der Waals surface area contributed by atoms with Crippen molar-refractivity contribution in [3.63, 3.8) is 0 Å². The number of aromatic carboxylic acids is 1. The van der Waals surface area contributed by atoms with Crippen LogP contribution in [0.4, 0.5) is 0 Å². The molecule has 0 aliphatic heterocycles. The number of hydrogen-bond acceptors (Lipinski definition) is 4. The van der Waals surface area contributed by atoms with Gasteiger partial charge in [-0.05, 0) is 19.1 Å². The minimum atomic E-state index is -1.22. The molecule has 1 aromatic carbocycles. The summed E-state index contributed by atoms with van der Waals surface area (Å²) in [5.74, 6) is -3.82. The summed E-state index contributed by atoms with van der Waals surface area (Å²) in [4.78, 5) is 21.7. The van der Waals surface area contributed by atoms with Crippen molar-refractivity contribution in [1.82, 2.24) is 0 Å². The summed E-state index contributed by atoms with van der Waals surface area (Å²) >= 11 is 0. The van der Waals surface area contributed by atoms with Crippen molar-refractivity contribution in [1.29, 1.82) is 0 Å². The van der Waals surface area contributed by atoms with E-state index in [9.17, 15) is 14.7 Å². The van der Waals surface area contributed by atoms with Gasteiger partial charge in [-0.25, -0.2) is 4.79 Å². The van der Waals surface area contributed by atoms with E-state index in [0.29, 0.717) is 0 Å². The third kappa shape index (κ3) is 2.47. The Bertz CT molecular complexity index is 465. The number of benzene rings is 1. The van der Waals surface area contributed by atoms with Gasteiger partial charge < -0.3 is 20.1 Å². The van der Waals surface area contributed by atoms with Crippen LogP contribution in [0.3, 0.4) is 0 Å². The molecule has 3 N–H and O–H groups in total. The Kier molecular flexibility index (Phi) is 3.57. The fraction of sp³-hybridized carbons (Fsp3) is 0.273. The monoisotopic (exact) mass is 240 g/mol. The summed E-state index contributed by atoms with van der Waals surface area (Å²) < 4.78 is 4.80. The summed E-state index contributed by atoms with van der Waals surface area (Å²) in [6, 6.07) is 2.26. The largest absolute Gasteiger partial charge is 0.504 e. The van der Waals surface area contributed by atoms with Crippen LogP contribution in [0.15, 0.2) is 12.1 Å². The Morgan fingerprint density at radius 2 is 1.88 bits per heavy atom. The number of carboxylic acids is 2. The van der Waals surface area contributed by atoms with Gasteiger partial charge in [0.15, 0.2) is 11.5 Å². The first-order valence-electron chi connectivity index (χ1n) is 4.75. The molecule has 0 amide bonds. The van der Waals surface area contributed by atoms with Gasteiger partial charge in [0.05, 0.1) is 18.6 Å². The van der Waals surface area contributed by atoms with E-state index >= 15 is 0 Å². The highest BCUT2D eigenvalue weighted by atomic mass is 16.5. The second-order valence-corrected chi connectivity index (χ2v) is 3.48. The first-order chi connectivity index (χ1) is 7.88. The van der Waals surface area contributed by atoms with Gasteiger partial charge in [-0.1, -0.05) is 0 Å². The molecule has 6 heteroatoms. The maximum Gasteiger partial charge on any atom is 0.335 e. The molecule has 1 atom stereocenters. The molecule has 0 bridgehead atoms. The van der Waals surface area contributed by atoms with Gasteiger partial charge in [0.25, 0.3) is 0 Å². The van der Waals surface area contributed by atoms with Crippen molar-refractivity contribution in [2.24, 2.45) is 0 Å². The lowest BCUT2D eigenvalue weighted by Gasteiger charge is -2.13. The van der Waals surface area contributed by atoms with Gasteiger partial charge >= 0.3 is 11.9 Å². The molecular weight excluding hydrogens is 228 g/mol. The molecule has 6 nitrogen and oxygen atoms in total. The third-order valence-electron chi connectivity index (χ3n) is 2.41. The summed E-state index contributed by atoms with van der Waals surface area (Å²) in [6.07, 6.45) is 0. The summed E-state index contributed by atoms with van der Waals surface area (Å²) in [6.45, 7) is 1.35. The Hall–Kier alpha value is -2.24. The van der Waals surface area contributed by atoms with Crippen LogP contribution in [-0.4, -0.2) is 34.4 Å². The van der Waals surface area contributed by atoms with E-state index in [1.54, 1.807) is 0 Å². The molecule has 0 heterocycles. The molecule has 1 unspecified atom stereocenters. The molecule has 0 fully saturated rings. The predicted molar refractivity (Wildman–Crippen MR) is 57.7 cm³/mol. The molecule has 0 aliphatic carbocycles. The fourth-order valence-corrected chi connectivity index (χ4v) is 1.37. The molecule has 0 spiro atoms. The summed E-state index contributed by atoms with van der Waals surface area (Å²) in [5.41, 5.74) is -0.128. The Morgan fingerprint density at radius 1 is 1.29 bits per heavy atom. The highest BCUT2D eigenvalue weighted by Gasteiger charge is 2.22. The van der Waals surface area contributed by atoms with Gasteiger partial charge in [0.2, 0.25) is 0 Å². The Morgan fingerprint density at radius 3 is 2.29 bits per heavy atom. The average Bonchev–Trinajstić information content (AvgIpc) is 2.27. The van der Waals surface area contributed by atoms with Crippen LogP contribution in [-0.2, 0) is 4.79 Å². The molecule has 1 rings (SSSR count). The van der Waals surface area contributed by atoms with E-state index in [1.807, 2.05) is 0 Å². The van der Waals surface area contributed by atoms with E-state index in [2.05, 4.69) is 0 Å². The smallest absolute Gasteiger partial charge is 0.335 e. The number of methoxy groups -OCH3 is 1. The van der Waals surface area contributed by atoms with E-state index in [-0.39, 0.29) is 22.6 Å². The van der Waals surface area contributed by atoms with E-state index in [4.69, 9.17) is 14.9 Å². The maximum absolute atomic E-state index is 10.8. The number of carbonyl (C=O) groups is 2. The Labute approximate surface area is 97.1 Å². The van der Waals surface area contributed by atoms with E-state index < -0.39 is 17.9 Å². The van der Waals surface area contributed by atoms with Gasteiger partial charge in [0.1, 0.15) is 0 Å². The van der Waals surface area contributed by atoms with Crippen LogP contribution in [0.25, 0.3) is 0 Å². The number of phenolic OH excluding ortho intramolecular Hbond substituents is 1. The lowest BCUT2D eigenvalue weighted by atomic mass is 9.97. The summed E-state index contributed by atoms with van der Waals surface area (Å²) in [7, 11) is 1.26. The molecule has 0 radical (unpaired) electrons. The van der Waals surface area contributed by atoms with Crippen molar-refractivity contribution in [3.8, 4) is 11.5 Å². The molecule has 17 heavy (non-hydrogen) atoms. The van der Waals surface area contributed by atoms with Crippen LogP contribution in [0.1, 0.15) is 28.8 Å². The van der Waals surface area contributed by atoms with Crippen molar-refractivity contribution in [2.75, 3.05) is 7.11 Å². The van der Waals surface area contributed by atoms with Crippen molar-refractivity contribution in [2.45, 2.75) is 12.8 Å².